The fraction of sp³-hybridized carbons (Fsp3) is 0.533. The normalized spacial score (nSPS) is 12.0. The molecule has 0 saturated heterocycles. The van der Waals surface area contributed by atoms with Crippen LogP contribution in [0.3, 0.4) is 0 Å². The maximum atomic E-state index is 3.74. The second kappa shape index (κ2) is 52.3. The van der Waals surface area contributed by atoms with Crippen LogP contribution in [0.15, 0.2) is 146 Å². The number of rotatable bonds is 60. The number of fused-ring (bicyclic) bond motifs is 8. The third kappa shape index (κ3) is 27.6. The minimum Gasteiger partial charge on any atom is -0.340 e. The Bertz CT molecular complexity index is 4600. The molecule has 12 aromatic rings. The Balaban J connectivity index is 0.810. The quantitative estimate of drug-likeness (QED) is 0.0267. The highest BCUT2D eigenvalue weighted by molar-refractivity contribution is 6.12. The van der Waals surface area contributed by atoms with Crippen molar-refractivity contribution in [3.8, 4) is 47.4 Å². The van der Waals surface area contributed by atoms with E-state index in [0.717, 1.165) is 70.7 Å². The summed E-state index contributed by atoms with van der Waals surface area (Å²) in [6.45, 7) is 13.2. The number of unbranched alkanes of at least 4 members (excludes halogenated alkanes) is 52. The van der Waals surface area contributed by atoms with Crippen LogP contribution in [0.2, 0.25) is 0 Å². The first-order valence-corrected chi connectivity index (χ1v) is 51.8. The predicted molar refractivity (Wildman–Crippen MR) is 543 cm³/mol. The molecule has 0 saturated carbocycles. The van der Waals surface area contributed by atoms with Gasteiger partial charge < -0.3 is 18.3 Å². The number of aryl methyl sites for hydroxylation is 4. The monoisotopic (exact) mass is 1650 g/mol. The van der Waals surface area contributed by atoms with Crippen LogP contribution in [0.25, 0.3) is 87.2 Å². The SMILES string of the molecule is CCCCCCCCCCCCCCCCn1c2ccc3cc2c2cc(ccc21)C#Cc1ccc2c(c1)c1cc(ccc1n2CCCCCCCCCCCCCCCC)C#Cc1ccc2c(c1)c1cc(ccc1n2CCCCCCCCCCCCCCCC)C#Cc1ccc2c(c1)c1cc(ccc1n2CCCCCCCCCCCCCCCC)C#C3. The summed E-state index contributed by atoms with van der Waals surface area (Å²) in [5.74, 6) is 29.9. The molecule has 0 atom stereocenters. The second-order valence-corrected chi connectivity index (χ2v) is 37.8. The minimum atomic E-state index is 0.995. The zero-order chi connectivity index (χ0) is 85.2. The van der Waals surface area contributed by atoms with Gasteiger partial charge in [0.2, 0.25) is 0 Å². The minimum absolute atomic E-state index is 0.995. The van der Waals surface area contributed by atoms with E-state index in [1.807, 2.05) is 0 Å². The van der Waals surface area contributed by atoms with Crippen molar-refractivity contribution in [2.24, 2.45) is 0 Å². The lowest BCUT2D eigenvalue weighted by atomic mass is 10.0. The molecule has 0 fully saturated rings. The van der Waals surface area contributed by atoms with Gasteiger partial charge in [0.15, 0.2) is 0 Å². The van der Waals surface area contributed by atoms with Crippen LogP contribution in [0, 0.1) is 47.4 Å². The molecule has 8 aromatic carbocycles. The summed E-state index contributed by atoms with van der Waals surface area (Å²) >= 11 is 0. The highest BCUT2D eigenvalue weighted by Crippen LogP contribution is 2.38. The summed E-state index contributed by atoms with van der Waals surface area (Å²) in [5, 5.41) is 9.99. The first-order chi connectivity index (χ1) is 61.5. The predicted octanol–water partition coefficient (Wildman–Crippen LogP) is 36.0. The average molecular weight is 1650 g/mol. The summed E-state index contributed by atoms with van der Waals surface area (Å²) in [4.78, 5) is 0. The Morgan fingerprint density at radius 1 is 0.137 bits per heavy atom. The second-order valence-electron chi connectivity index (χ2n) is 37.8. The molecule has 0 aliphatic heterocycles. The standard InChI is InChI=1S/C120H156N4/c1-5-9-13-17-21-25-29-33-37-41-45-49-53-57-85-121-113-77-69-97-61-63-99-71-79-115-107(91-99)109-93-101(73-81-117(109)122(115)86-58-54-50-46-42-38-34-30-26-22-18-14-10-6-2)65-67-103-75-83-119-111(95-103)112-96-104(76-84-120(112)124(119)88-60-56-52-48-44-40-36-32-28-24-20-16-12-8-4)68-66-102-74-82-118-110(94-102)108-92-100(64-62-98-70-78-114(121)106(90-98)105(113)89-97)72-80-116(108)123(118)87-59-55-51-47-43-39-35-31-27-23-19-15-11-7-3/h69-84,89-96H,5-60,85-88H2,1-4H3. The molecule has 0 unspecified atom stereocenters. The van der Waals surface area contributed by atoms with E-state index in [1.54, 1.807) is 0 Å². The molecule has 0 amide bonds. The lowest BCUT2D eigenvalue weighted by molar-refractivity contribution is 0.528. The highest BCUT2D eigenvalue weighted by Gasteiger charge is 2.19. The van der Waals surface area contributed by atoms with Gasteiger partial charge in [-0.1, -0.05) is 409 Å². The van der Waals surface area contributed by atoms with Gasteiger partial charge >= 0.3 is 0 Å². The Hall–Kier alpha value is -8.80. The Kier molecular flexibility index (Phi) is 39.2. The van der Waals surface area contributed by atoms with Crippen LogP contribution in [0.4, 0.5) is 0 Å². The molecule has 0 spiro atoms. The Morgan fingerprint density at radius 2 is 0.242 bits per heavy atom. The summed E-state index contributed by atoms with van der Waals surface area (Å²) in [7, 11) is 0. The molecule has 0 radical (unpaired) electrons. The van der Waals surface area contributed by atoms with Crippen molar-refractivity contribution < 1.29 is 0 Å². The summed E-state index contributed by atoms with van der Waals surface area (Å²) < 4.78 is 10.4. The van der Waals surface area contributed by atoms with Crippen LogP contribution in [-0.2, 0) is 26.2 Å². The smallest absolute Gasteiger partial charge is 0.0492 e. The Labute approximate surface area is 751 Å². The molecule has 16 bridgehead atoms. The van der Waals surface area contributed by atoms with Gasteiger partial charge in [-0.05, 0) is 171 Å². The third-order valence-electron chi connectivity index (χ3n) is 27.8. The topological polar surface area (TPSA) is 19.7 Å². The van der Waals surface area contributed by atoms with Crippen LogP contribution in [-0.4, -0.2) is 18.3 Å². The van der Waals surface area contributed by atoms with E-state index in [-0.39, 0.29) is 0 Å². The molecule has 4 heteroatoms. The maximum absolute atomic E-state index is 3.74. The molecule has 0 N–H and O–H groups in total. The zero-order valence-electron chi connectivity index (χ0n) is 78.1. The van der Waals surface area contributed by atoms with Crippen LogP contribution in [0.1, 0.15) is 432 Å². The van der Waals surface area contributed by atoms with Crippen LogP contribution >= 0.6 is 0 Å². The van der Waals surface area contributed by atoms with Crippen molar-refractivity contribution in [2.45, 2.75) is 413 Å². The van der Waals surface area contributed by atoms with E-state index in [9.17, 15) is 0 Å². The van der Waals surface area contributed by atoms with E-state index in [1.165, 1.54) is 447 Å². The molecule has 4 nitrogen and oxygen atoms in total. The van der Waals surface area contributed by atoms with E-state index < -0.39 is 0 Å². The van der Waals surface area contributed by atoms with Crippen molar-refractivity contribution in [1.29, 1.82) is 0 Å². The van der Waals surface area contributed by atoms with Gasteiger partial charge in [-0.15, -0.1) is 0 Å². The largest absolute Gasteiger partial charge is 0.340 e. The molecule has 1 aliphatic carbocycles. The van der Waals surface area contributed by atoms with Crippen LogP contribution < -0.4 is 0 Å². The van der Waals surface area contributed by atoms with E-state index in [0.29, 0.717) is 0 Å². The Morgan fingerprint density at radius 3 is 0.355 bits per heavy atom. The lowest BCUT2D eigenvalue weighted by Crippen LogP contribution is -1.98. The molecule has 1 aliphatic rings. The average Bonchev–Trinajstić information content (AvgIpc) is 1.62. The molecule has 4 aromatic heterocycles. The molecule has 656 valence electrons. The van der Waals surface area contributed by atoms with Gasteiger partial charge in [-0.25, -0.2) is 0 Å². The van der Waals surface area contributed by atoms with Crippen molar-refractivity contribution in [1.82, 2.24) is 18.3 Å². The summed E-state index contributed by atoms with van der Waals surface area (Å²) in [6, 6.07) is 55.9. The van der Waals surface area contributed by atoms with Crippen molar-refractivity contribution in [3.05, 3.63) is 190 Å². The fourth-order valence-electron chi connectivity index (χ4n) is 20.4. The highest BCUT2D eigenvalue weighted by atomic mass is 15.0. The van der Waals surface area contributed by atoms with Gasteiger partial charge in [0.25, 0.3) is 0 Å². The summed E-state index contributed by atoms with van der Waals surface area (Å²) in [6.07, 6.45) is 76.1. The van der Waals surface area contributed by atoms with Gasteiger partial charge in [-0.2, -0.15) is 0 Å². The molecular weight excluding hydrogens is 1500 g/mol. The maximum Gasteiger partial charge on any atom is 0.0492 e. The number of aromatic nitrogens is 4. The zero-order valence-corrected chi connectivity index (χ0v) is 78.1. The van der Waals surface area contributed by atoms with Crippen molar-refractivity contribution in [3.63, 3.8) is 0 Å². The number of nitrogens with zero attached hydrogens (tertiary/aromatic N) is 4. The van der Waals surface area contributed by atoms with Gasteiger partial charge in [0.05, 0.1) is 0 Å². The summed E-state index contributed by atoms with van der Waals surface area (Å²) in [5.41, 5.74) is 18.5. The van der Waals surface area contributed by atoms with E-state index in [2.05, 4.69) is 239 Å². The number of benzene rings is 8. The first kappa shape index (κ1) is 92.9. The lowest BCUT2D eigenvalue weighted by Gasteiger charge is -2.08. The van der Waals surface area contributed by atoms with Crippen LogP contribution in [0.5, 0.6) is 0 Å². The van der Waals surface area contributed by atoms with Crippen molar-refractivity contribution >= 4 is 87.2 Å². The molecular formula is C120H156N4. The van der Waals surface area contributed by atoms with E-state index >= 15 is 0 Å². The number of hydrogen-bond donors (Lipinski definition) is 0. The first-order valence-electron chi connectivity index (χ1n) is 51.8. The van der Waals surface area contributed by atoms with Gasteiger partial charge in [-0.3, -0.25) is 0 Å². The molecule has 4 heterocycles. The van der Waals surface area contributed by atoms with Gasteiger partial charge in [0, 0.05) is 158 Å². The van der Waals surface area contributed by atoms with Crippen molar-refractivity contribution in [2.75, 3.05) is 0 Å². The molecule has 124 heavy (non-hydrogen) atoms. The fourth-order valence-corrected chi connectivity index (χ4v) is 20.4. The number of hydrogen-bond acceptors (Lipinski definition) is 0. The third-order valence-corrected chi connectivity index (χ3v) is 27.8. The van der Waals surface area contributed by atoms with E-state index in [4.69, 9.17) is 0 Å². The van der Waals surface area contributed by atoms with Gasteiger partial charge in [0.1, 0.15) is 0 Å². The molecule has 13 rings (SSSR count).